The number of para-hydroxylation sites is 1. The highest BCUT2D eigenvalue weighted by Gasteiger charge is 2.10. The van der Waals surface area contributed by atoms with Gasteiger partial charge in [-0.25, -0.2) is 0 Å². The number of rotatable bonds is 6. The van der Waals surface area contributed by atoms with E-state index in [1.165, 1.54) is 0 Å². The van der Waals surface area contributed by atoms with Crippen molar-refractivity contribution in [2.75, 3.05) is 0 Å². The minimum Gasteiger partial charge on any atom is -0.508 e. The van der Waals surface area contributed by atoms with Crippen molar-refractivity contribution in [1.29, 1.82) is 0 Å². The fourth-order valence-electron chi connectivity index (χ4n) is 1.98. The summed E-state index contributed by atoms with van der Waals surface area (Å²) in [4.78, 5) is 0. The Morgan fingerprint density at radius 1 is 1.20 bits per heavy atom. The summed E-state index contributed by atoms with van der Waals surface area (Å²) in [6.07, 6.45) is 1.60. The summed E-state index contributed by atoms with van der Waals surface area (Å²) in [6, 6.07) is 6.77. The molecule has 3 N–H and O–H groups in total. The van der Waals surface area contributed by atoms with Crippen molar-refractivity contribution in [3.63, 3.8) is 0 Å². The van der Waals surface area contributed by atoms with Gasteiger partial charge in [-0.15, -0.1) is 5.73 Å². The van der Waals surface area contributed by atoms with Crippen molar-refractivity contribution in [2.24, 2.45) is 5.92 Å². The number of aliphatic hydroxyl groups is 2. The number of benzene rings is 1. The van der Waals surface area contributed by atoms with Gasteiger partial charge in [0.15, 0.2) is 0 Å². The van der Waals surface area contributed by atoms with Crippen LogP contribution in [0, 0.1) is 5.92 Å². The van der Waals surface area contributed by atoms with Crippen molar-refractivity contribution in [3.05, 3.63) is 47.2 Å². The number of aromatic hydroxyl groups is 1. The lowest BCUT2D eigenvalue weighted by atomic mass is 9.98. The van der Waals surface area contributed by atoms with Crippen LogP contribution in [0.15, 0.2) is 41.6 Å². The molecule has 0 fully saturated rings. The predicted molar refractivity (Wildman–Crippen MR) is 80.4 cm³/mol. The molecule has 0 heterocycles. The van der Waals surface area contributed by atoms with Gasteiger partial charge in [-0.05, 0) is 30.6 Å². The first kappa shape index (κ1) is 16.5. The third kappa shape index (κ3) is 5.22. The van der Waals surface area contributed by atoms with Gasteiger partial charge in [0.2, 0.25) is 0 Å². The van der Waals surface area contributed by atoms with Gasteiger partial charge in [0.25, 0.3) is 0 Å². The van der Waals surface area contributed by atoms with E-state index >= 15 is 0 Å². The Hall–Kier alpha value is -1.54. The molecule has 0 unspecified atom stereocenters. The van der Waals surface area contributed by atoms with Gasteiger partial charge in [-0.1, -0.05) is 32.0 Å². The SMILES string of the molecule is CC(C)C(=C=CC[C@@H](O)c1ccccc1O)C[C@H](C)O. The third-order valence-electron chi connectivity index (χ3n) is 3.14. The van der Waals surface area contributed by atoms with Crippen LogP contribution < -0.4 is 0 Å². The highest BCUT2D eigenvalue weighted by atomic mass is 16.3. The Morgan fingerprint density at radius 3 is 2.40 bits per heavy atom. The van der Waals surface area contributed by atoms with E-state index in [4.69, 9.17) is 0 Å². The average molecular weight is 276 g/mol. The second-order valence-corrected chi connectivity index (χ2v) is 5.39. The standard InChI is InChI=1S/C17H24O3/c1-12(2)14(11-13(3)18)7-6-10-17(20)15-8-4-5-9-16(15)19/h4-6,8-9,12-13,17-20H,10-11H2,1-3H3/t7?,13-,17+/m0/s1. The fraction of sp³-hybridized carbons (Fsp3) is 0.471. The molecule has 0 radical (unpaired) electrons. The van der Waals surface area contributed by atoms with Crippen molar-refractivity contribution in [1.82, 2.24) is 0 Å². The molecule has 1 rings (SSSR count). The molecule has 0 aromatic heterocycles. The van der Waals surface area contributed by atoms with Crippen LogP contribution in [0.25, 0.3) is 0 Å². The van der Waals surface area contributed by atoms with Crippen LogP contribution in [0.1, 0.15) is 45.3 Å². The zero-order valence-corrected chi connectivity index (χ0v) is 12.4. The molecule has 0 aliphatic rings. The summed E-state index contributed by atoms with van der Waals surface area (Å²) in [7, 11) is 0. The van der Waals surface area contributed by atoms with Crippen LogP contribution in [-0.4, -0.2) is 21.4 Å². The van der Waals surface area contributed by atoms with Gasteiger partial charge >= 0.3 is 0 Å². The van der Waals surface area contributed by atoms with Crippen molar-refractivity contribution >= 4 is 0 Å². The molecular formula is C17H24O3. The van der Waals surface area contributed by atoms with Crippen LogP contribution in [0.5, 0.6) is 5.75 Å². The molecule has 3 heteroatoms. The molecule has 1 aromatic rings. The monoisotopic (exact) mass is 276 g/mol. The van der Waals surface area contributed by atoms with E-state index in [0.29, 0.717) is 24.3 Å². The minimum absolute atomic E-state index is 0.102. The van der Waals surface area contributed by atoms with Crippen molar-refractivity contribution < 1.29 is 15.3 Å². The number of phenolic OH excluding ortho intramolecular Hbond substituents is 1. The maximum atomic E-state index is 10.0. The lowest BCUT2D eigenvalue weighted by molar-refractivity contribution is 0.177. The van der Waals surface area contributed by atoms with Gasteiger partial charge in [-0.3, -0.25) is 0 Å². The van der Waals surface area contributed by atoms with E-state index in [2.05, 4.69) is 19.6 Å². The zero-order chi connectivity index (χ0) is 15.1. The topological polar surface area (TPSA) is 60.7 Å². The predicted octanol–water partition coefficient (Wildman–Crippen LogP) is 3.32. The van der Waals surface area contributed by atoms with E-state index in [9.17, 15) is 15.3 Å². The number of aliphatic hydroxyl groups excluding tert-OH is 2. The third-order valence-corrected chi connectivity index (χ3v) is 3.14. The van der Waals surface area contributed by atoms with Gasteiger partial charge in [0.1, 0.15) is 5.75 Å². The Labute approximate surface area is 120 Å². The summed E-state index contributed by atoms with van der Waals surface area (Å²) < 4.78 is 0. The van der Waals surface area contributed by atoms with Crippen LogP contribution in [-0.2, 0) is 0 Å². The Bertz CT molecular complexity index is 483. The van der Waals surface area contributed by atoms with E-state index in [1.807, 2.05) is 0 Å². The van der Waals surface area contributed by atoms with Crippen molar-refractivity contribution in [3.8, 4) is 5.75 Å². The maximum absolute atomic E-state index is 10.0. The normalized spacial score (nSPS) is 13.7. The number of phenols is 1. The lowest BCUT2D eigenvalue weighted by Crippen LogP contribution is -2.04. The van der Waals surface area contributed by atoms with Gasteiger partial charge in [-0.2, -0.15) is 0 Å². The molecule has 0 saturated carbocycles. The molecule has 0 aliphatic heterocycles. The molecule has 20 heavy (non-hydrogen) atoms. The van der Waals surface area contributed by atoms with E-state index in [0.717, 1.165) is 5.57 Å². The fourth-order valence-corrected chi connectivity index (χ4v) is 1.98. The largest absolute Gasteiger partial charge is 0.508 e. The summed E-state index contributed by atoms with van der Waals surface area (Å²) in [5.74, 6) is 0.411. The maximum Gasteiger partial charge on any atom is 0.121 e. The first-order chi connectivity index (χ1) is 9.41. The van der Waals surface area contributed by atoms with Gasteiger partial charge < -0.3 is 15.3 Å². The van der Waals surface area contributed by atoms with Crippen LogP contribution in [0.4, 0.5) is 0 Å². The van der Waals surface area contributed by atoms with Crippen molar-refractivity contribution in [2.45, 2.75) is 45.8 Å². The Morgan fingerprint density at radius 2 is 1.85 bits per heavy atom. The summed E-state index contributed by atoms with van der Waals surface area (Å²) >= 11 is 0. The second kappa shape index (κ2) is 7.91. The van der Waals surface area contributed by atoms with Gasteiger partial charge in [0.05, 0.1) is 12.2 Å². The van der Waals surface area contributed by atoms with E-state index in [-0.39, 0.29) is 5.75 Å². The number of hydrogen-bond acceptors (Lipinski definition) is 3. The molecule has 0 bridgehead atoms. The first-order valence-electron chi connectivity index (χ1n) is 6.99. The highest BCUT2D eigenvalue weighted by Crippen LogP contribution is 2.26. The van der Waals surface area contributed by atoms with Gasteiger partial charge in [0, 0.05) is 18.4 Å². The molecule has 1 aromatic carbocycles. The summed E-state index contributed by atoms with van der Waals surface area (Å²) in [5.41, 5.74) is 4.71. The summed E-state index contributed by atoms with van der Waals surface area (Å²) in [6.45, 7) is 5.86. The average Bonchev–Trinajstić information content (AvgIpc) is 2.37. The molecule has 110 valence electrons. The molecule has 0 saturated heterocycles. The molecular weight excluding hydrogens is 252 g/mol. The minimum atomic E-state index is -0.747. The smallest absolute Gasteiger partial charge is 0.121 e. The molecule has 0 aliphatic carbocycles. The van der Waals surface area contributed by atoms with E-state index < -0.39 is 12.2 Å². The molecule has 0 spiro atoms. The van der Waals surface area contributed by atoms with Crippen LogP contribution in [0.3, 0.4) is 0 Å². The number of hydrogen-bond donors (Lipinski definition) is 3. The Balaban J connectivity index is 2.77. The van der Waals surface area contributed by atoms with Crippen LogP contribution in [0.2, 0.25) is 0 Å². The molecule has 3 nitrogen and oxygen atoms in total. The molecule has 0 amide bonds. The highest BCUT2D eigenvalue weighted by molar-refractivity contribution is 5.33. The lowest BCUT2D eigenvalue weighted by Gasteiger charge is -2.11. The van der Waals surface area contributed by atoms with Crippen LogP contribution >= 0.6 is 0 Å². The zero-order valence-electron chi connectivity index (χ0n) is 12.4. The van der Waals surface area contributed by atoms with E-state index in [1.54, 1.807) is 37.3 Å². The molecule has 2 atom stereocenters. The Kier molecular flexibility index (Phi) is 6.53. The first-order valence-corrected chi connectivity index (χ1v) is 6.99. The summed E-state index contributed by atoms with van der Waals surface area (Å²) in [5, 5.41) is 29.1. The quantitative estimate of drug-likeness (QED) is 0.698. The second-order valence-electron chi connectivity index (χ2n) is 5.39.